The lowest BCUT2D eigenvalue weighted by Gasteiger charge is -2.21. The molecule has 0 fully saturated rings. The standard InChI is InChI=1S/C18H19F3I2O9S/c1-4-17(2,3)16(26)30-7-13(24)32-14-10(5-9(22)6-11(14)23)15(25)31-12(18(19,20)21)8-33(27,28)29/h5-6,12H,4,7-8H2,1-3H3,(H,27,28,29). The third-order valence-electron chi connectivity index (χ3n) is 4.18. The zero-order valence-corrected chi connectivity index (χ0v) is 22.5. The summed E-state index contributed by atoms with van der Waals surface area (Å²) in [7, 11) is -5.14. The first kappa shape index (κ1) is 29.8. The molecule has 186 valence electrons. The zero-order chi connectivity index (χ0) is 25.8. The van der Waals surface area contributed by atoms with Crippen LogP contribution < -0.4 is 4.74 Å². The molecule has 0 saturated heterocycles. The highest BCUT2D eigenvalue weighted by atomic mass is 127. The van der Waals surface area contributed by atoms with Gasteiger partial charge in [-0.15, -0.1) is 0 Å². The molecule has 1 aromatic carbocycles. The molecule has 1 unspecified atom stereocenters. The van der Waals surface area contributed by atoms with Crippen LogP contribution in [0.2, 0.25) is 0 Å². The van der Waals surface area contributed by atoms with Crippen molar-refractivity contribution in [2.45, 2.75) is 39.5 Å². The summed E-state index contributed by atoms with van der Waals surface area (Å²) in [6, 6.07) is 2.49. The molecule has 0 amide bonds. The largest absolute Gasteiger partial charge is 0.453 e. The first-order valence-corrected chi connectivity index (χ1v) is 12.7. The summed E-state index contributed by atoms with van der Waals surface area (Å²) in [4.78, 5) is 36.6. The fourth-order valence-electron chi connectivity index (χ4n) is 2.00. The average Bonchev–Trinajstić information content (AvgIpc) is 2.65. The highest BCUT2D eigenvalue weighted by Gasteiger charge is 2.46. The Balaban J connectivity index is 3.15. The van der Waals surface area contributed by atoms with E-state index in [4.69, 9.17) is 14.0 Å². The fourth-order valence-corrected chi connectivity index (χ4v) is 4.60. The van der Waals surface area contributed by atoms with Gasteiger partial charge in [0.15, 0.2) is 12.4 Å². The van der Waals surface area contributed by atoms with Gasteiger partial charge in [-0.25, -0.2) is 9.59 Å². The van der Waals surface area contributed by atoms with Crippen molar-refractivity contribution >= 4 is 73.2 Å². The summed E-state index contributed by atoms with van der Waals surface area (Å²) < 4.78 is 84.6. The molecule has 1 aromatic rings. The van der Waals surface area contributed by atoms with Gasteiger partial charge in [0.25, 0.3) is 10.1 Å². The lowest BCUT2D eigenvalue weighted by atomic mass is 9.91. The van der Waals surface area contributed by atoms with Crippen LogP contribution in [0.15, 0.2) is 12.1 Å². The molecule has 0 bridgehead atoms. The number of carbonyl (C=O) groups is 3. The second-order valence-electron chi connectivity index (χ2n) is 7.24. The number of benzene rings is 1. The Morgan fingerprint density at radius 3 is 2.21 bits per heavy atom. The number of rotatable bonds is 9. The van der Waals surface area contributed by atoms with Crippen LogP contribution in [0.3, 0.4) is 0 Å². The van der Waals surface area contributed by atoms with Gasteiger partial charge in [0.1, 0.15) is 11.3 Å². The topological polar surface area (TPSA) is 133 Å². The molecule has 15 heteroatoms. The second kappa shape index (κ2) is 11.5. The van der Waals surface area contributed by atoms with Gasteiger partial charge in [-0.3, -0.25) is 9.35 Å². The Bertz CT molecular complexity index is 1020. The molecule has 0 saturated carbocycles. The number of carbonyl (C=O) groups excluding carboxylic acids is 3. The Labute approximate surface area is 214 Å². The van der Waals surface area contributed by atoms with E-state index in [0.717, 1.165) is 6.07 Å². The van der Waals surface area contributed by atoms with Crippen molar-refractivity contribution in [1.82, 2.24) is 0 Å². The van der Waals surface area contributed by atoms with Gasteiger partial charge in [-0.05, 0) is 77.6 Å². The average molecular weight is 722 g/mol. The van der Waals surface area contributed by atoms with Crippen LogP contribution in [-0.2, 0) is 29.2 Å². The predicted molar refractivity (Wildman–Crippen MR) is 124 cm³/mol. The second-order valence-corrected chi connectivity index (χ2v) is 11.1. The third-order valence-corrected chi connectivity index (χ3v) is 6.33. The van der Waals surface area contributed by atoms with Crippen molar-refractivity contribution < 1.29 is 54.7 Å². The van der Waals surface area contributed by atoms with Crippen LogP contribution in [0.4, 0.5) is 13.2 Å². The monoisotopic (exact) mass is 722 g/mol. The first-order chi connectivity index (χ1) is 14.9. The van der Waals surface area contributed by atoms with E-state index in [1.807, 2.05) is 0 Å². The number of halogens is 5. The van der Waals surface area contributed by atoms with Gasteiger partial charge in [0.05, 0.1) is 8.99 Å². The lowest BCUT2D eigenvalue weighted by Crippen LogP contribution is -2.39. The van der Waals surface area contributed by atoms with Gasteiger partial charge < -0.3 is 14.2 Å². The summed E-state index contributed by atoms with van der Waals surface area (Å²) in [6.45, 7) is 4.11. The highest BCUT2D eigenvalue weighted by molar-refractivity contribution is 14.1. The van der Waals surface area contributed by atoms with E-state index in [1.54, 1.807) is 66.0 Å². The maximum Gasteiger partial charge on any atom is 0.426 e. The molecule has 0 aliphatic carbocycles. The molecule has 9 nitrogen and oxygen atoms in total. The van der Waals surface area contributed by atoms with E-state index in [9.17, 15) is 36.0 Å². The van der Waals surface area contributed by atoms with Crippen molar-refractivity contribution in [3.8, 4) is 5.75 Å². The molecule has 1 atom stereocenters. The Morgan fingerprint density at radius 1 is 1.15 bits per heavy atom. The molecule has 0 aliphatic rings. The summed E-state index contributed by atoms with van der Waals surface area (Å²) in [5.74, 6) is -5.83. The summed E-state index contributed by atoms with van der Waals surface area (Å²) in [5.41, 5.74) is -1.48. The van der Waals surface area contributed by atoms with Crippen molar-refractivity contribution in [2.75, 3.05) is 12.4 Å². The van der Waals surface area contributed by atoms with E-state index in [-0.39, 0.29) is 3.57 Å². The predicted octanol–water partition coefficient (Wildman–Crippen LogP) is 3.76. The van der Waals surface area contributed by atoms with Crippen LogP contribution in [-0.4, -0.2) is 55.5 Å². The molecule has 0 aliphatic heterocycles. The van der Waals surface area contributed by atoms with Crippen molar-refractivity contribution in [1.29, 1.82) is 0 Å². The molecule has 0 aromatic heterocycles. The maximum absolute atomic E-state index is 13.1. The molecule has 0 spiro atoms. The van der Waals surface area contributed by atoms with Crippen molar-refractivity contribution in [3.63, 3.8) is 0 Å². The van der Waals surface area contributed by atoms with Crippen LogP contribution in [0, 0.1) is 12.6 Å². The Hall–Kier alpha value is -1.21. The number of esters is 3. The Morgan fingerprint density at radius 2 is 1.73 bits per heavy atom. The molecular formula is C18H19F3I2O9S. The van der Waals surface area contributed by atoms with Crippen molar-refractivity contribution in [2.24, 2.45) is 5.41 Å². The molecular weight excluding hydrogens is 703 g/mol. The lowest BCUT2D eigenvalue weighted by molar-refractivity contribution is -0.197. The highest BCUT2D eigenvalue weighted by Crippen LogP contribution is 2.32. The molecule has 0 radical (unpaired) electrons. The third kappa shape index (κ3) is 9.51. The summed E-state index contributed by atoms with van der Waals surface area (Å²) in [5, 5.41) is 0. The minimum Gasteiger partial charge on any atom is -0.453 e. The van der Waals surface area contributed by atoms with E-state index in [0.29, 0.717) is 9.99 Å². The number of hydrogen-bond acceptors (Lipinski definition) is 8. The van der Waals surface area contributed by atoms with Gasteiger partial charge in [0.2, 0.25) is 6.10 Å². The summed E-state index contributed by atoms with van der Waals surface area (Å²) in [6.07, 6.45) is -8.05. The van der Waals surface area contributed by atoms with Crippen LogP contribution in [0.1, 0.15) is 37.6 Å². The van der Waals surface area contributed by atoms with Gasteiger partial charge in [-0.2, -0.15) is 21.6 Å². The Kier molecular flexibility index (Phi) is 10.4. The van der Waals surface area contributed by atoms with E-state index < -0.39 is 69.4 Å². The zero-order valence-electron chi connectivity index (χ0n) is 17.4. The summed E-state index contributed by atoms with van der Waals surface area (Å²) >= 11 is 3.40. The number of hydrogen-bond donors (Lipinski definition) is 1. The molecule has 1 N–H and O–H groups in total. The normalized spacial score (nSPS) is 13.2. The molecule has 0 heterocycles. The number of ether oxygens (including phenoxy) is 3. The smallest absolute Gasteiger partial charge is 0.426 e. The van der Waals surface area contributed by atoms with Crippen LogP contribution in [0.25, 0.3) is 0 Å². The van der Waals surface area contributed by atoms with Gasteiger partial charge in [0, 0.05) is 3.57 Å². The minimum absolute atomic E-state index is 0.137. The first-order valence-electron chi connectivity index (χ1n) is 8.97. The molecule has 1 rings (SSSR count). The van der Waals surface area contributed by atoms with E-state index >= 15 is 0 Å². The van der Waals surface area contributed by atoms with Gasteiger partial charge in [-0.1, -0.05) is 6.92 Å². The fraction of sp³-hybridized carbons (Fsp3) is 0.500. The van der Waals surface area contributed by atoms with E-state index in [2.05, 4.69) is 4.74 Å². The number of alkyl halides is 3. The van der Waals surface area contributed by atoms with Crippen LogP contribution >= 0.6 is 45.2 Å². The maximum atomic E-state index is 13.1. The minimum atomic E-state index is -5.31. The van der Waals surface area contributed by atoms with Crippen molar-refractivity contribution in [3.05, 3.63) is 24.8 Å². The SMILES string of the molecule is CCC(C)(C)C(=O)OCC(=O)Oc1c(I)cc(I)cc1C(=O)OC(CS(=O)(=O)O)C(F)(F)F. The quantitative estimate of drug-likeness (QED) is 0.175. The van der Waals surface area contributed by atoms with E-state index in [1.165, 1.54) is 6.07 Å². The molecule has 33 heavy (non-hydrogen) atoms. The van der Waals surface area contributed by atoms with Crippen LogP contribution in [0.5, 0.6) is 5.75 Å². The van der Waals surface area contributed by atoms with Gasteiger partial charge >= 0.3 is 24.1 Å².